The molecule has 0 fully saturated rings. The highest BCUT2D eigenvalue weighted by Gasteiger charge is 2.23. The van der Waals surface area contributed by atoms with Crippen LogP contribution in [0.15, 0.2) is 62.7 Å². The van der Waals surface area contributed by atoms with E-state index in [4.69, 9.17) is 5.73 Å². The van der Waals surface area contributed by atoms with E-state index < -0.39 is 16.2 Å². The molecule has 2 N–H and O–H groups in total. The van der Waals surface area contributed by atoms with Crippen molar-refractivity contribution in [2.45, 2.75) is 0 Å². The summed E-state index contributed by atoms with van der Waals surface area (Å²) in [6.45, 7) is 0. The van der Waals surface area contributed by atoms with Crippen molar-refractivity contribution in [1.82, 2.24) is 13.7 Å². The quantitative estimate of drug-likeness (QED) is 0.281. The van der Waals surface area contributed by atoms with E-state index in [2.05, 4.69) is 15.9 Å². The van der Waals surface area contributed by atoms with Crippen LogP contribution < -0.4 is 17.0 Å². The third-order valence-electron chi connectivity index (χ3n) is 5.05. The van der Waals surface area contributed by atoms with Gasteiger partial charge in [-0.15, -0.1) is 0 Å². The van der Waals surface area contributed by atoms with Gasteiger partial charge in [0, 0.05) is 42.5 Å². The molecule has 0 radical (unpaired) electrons. The van der Waals surface area contributed by atoms with E-state index in [9.17, 15) is 19.7 Å². The maximum absolute atomic E-state index is 13.1. The number of nitro benzene ring substituents is 1. The van der Waals surface area contributed by atoms with Gasteiger partial charge in [0.25, 0.3) is 11.2 Å². The van der Waals surface area contributed by atoms with Crippen molar-refractivity contribution in [3.05, 3.63) is 84.1 Å². The Balaban J connectivity index is 2.25. The Labute approximate surface area is 177 Å². The number of nitro groups is 1. The Kier molecular flexibility index (Phi) is 4.58. The van der Waals surface area contributed by atoms with Crippen molar-refractivity contribution < 1.29 is 4.92 Å². The number of benzene rings is 2. The topological polar surface area (TPSA) is 118 Å². The smallest absolute Gasteiger partial charge is 0.330 e. The van der Waals surface area contributed by atoms with Crippen LogP contribution in [0.2, 0.25) is 0 Å². The average Bonchev–Trinajstić information content (AvgIpc) is 3.11. The summed E-state index contributed by atoms with van der Waals surface area (Å²) in [5.74, 6) is 0. The van der Waals surface area contributed by atoms with Gasteiger partial charge in [-0.05, 0) is 12.1 Å². The number of non-ortho nitro benzene ring substituents is 1. The van der Waals surface area contributed by atoms with Crippen molar-refractivity contribution >= 4 is 38.2 Å². The van der Waals surface area contributed by atoms with E-state index in [0.29, 0.717) is 32.3 Å². The first-order valence-corrected chi connectivity index (χ1v) is 9.62. The number of hydrogen-bond donors (Lipinski definition) is 1. The van der Waals surface area contributed by atoms with Gasteiger partial charge < -0.3 is 10.3 Å². The van der Waals surface area contributed by atoms with Crippen molar-refractivity contribution in [1.29, 1.82) is 0 Å². The molecular weight excluding hydrogens is 454 g/mol. The van der Waals surface area contributed by atoms with E-state index in [0.717, 1.165) is 4.57 Å². The van der Waals surface area contributed by atoms with Gasteiger partial charge in [0.05, 0.1) is 32.9 Å². The number of fused-ring (bicyclic) bond motifs is 1. The number of anilines is 1. The van der Waals surface area contributed by atoms with Crippen molar-refractivity contribution in [3.63, 3.8) is 0 Å². The Morgan fingerprint density at radius 3 is 2.43 bits per heavy atom. The molecule has 2 aromatic carbocycles. The standard InChI is InChI=1S/C20H16BrN5O4/c1-23-16-10-25(15-9-11(26(29)30)7-8-14(15)22)18(12-5-3-4-6-13(12)21)17(16)19(27)24(2)20(23)28/h3-10H,22H2,1-2H3. The normalized spacial score (nSPS) is 11.2. The van der Waals surface area contributed by atoms with Gasteiger partial charge in [-0.2, -0.15) is 0 Å². The predicted molar refractivity (Wildman–Crippen MR) is 118 cm³/mol. The molecule has 0 saturated heterocycles. The summed E-state index contributed by atoms with van der Waals surface area (Å²) in [5.41, 5.74) is 7.23. The van der Waals surface area contributed by atoms with Gasteiger partial charge in [-0.3, -0.25) is 24.0 Å². The molecule has 0 amide bonds. The number of hydrogen-bond acceptors (Lipinski definition) is 5. The molecule has 10 heteroatoms. The molecule has 2 aromatic heterocycles. The lowest BCUT2D eigenvalue weighted by atomic mass is 10.1. The Morgan fingerprint density at radius 2 is 1.77 bits per heavy atom. The van der Waals surface area contributed by atoms with Crippen LogP contribution in [0.4, 0.5) is 11.4 Å². The van der Waals surface area contributed by atoms with Crippen molar-refractivity contribution in [2.24, 2.45) is 14.1 Å². The molecule has 0 aliphatic carbocycles. The molecule has 0 bridgehead atoms. The Hall–Kier alpha value is -3.66. The number of nitrogens with zero attached hydrogens (tertiary/aromatic N) is 4. The molecule has 4 rings (SSSR count). The fraction of sp³-hybridized carbons (Fsp3) is 0.100. The second-order valence-corrected chi connectivity index (χ2v) is 7.65. The van der Waals surface area contributed by atoms with Gasteiger partial charge in [0.1, 0.15) is 0 Å². The lowest BCUT2D eigenvalue weighted by molar-refractivity contribution is -0.384. The minimum atomic E-state index is -0.515. The number of aromatic nitrogens is 3. The van der Waals surface area contributed by atoms with Crippen LogP contribution in [0, 0.1) is 10.1 Å². The minimum Gasteiger partial charge on any atom is -0.397 e. The van der Waals surface area contributed by atoms with Gasteiger partial charge in [-0.25, -0.2) is 4.79 Å². The molecule has 0 unspecified atom stereocenters. The second-order valence-electron chi connectivity index (χ2n) is 6.79. The highest BCUT2D eigenvalue weighted by molar-refractivity contribution is 9.10. The van der Waals surface area contributed by atoms with E-state index in [1.165, 1.54) is 29.8 Å². The van der Waals surface area contributed by atoms with Crippen LogP contribution in [-0.2, 0) is 14.1 Å². The first kappa shape index (κ1) is 19.6. The van der Waals surface area contributed by atoms with E-state index in [-0.39, 0.29) is 11.4 Å². The molecule has 2 heterocycles. The summed E-state index contributed by atoms with van der Waals surface area (Å²) < 4.78 is 4.73. The summed E-state index contributed by atoms with van der Waals surface area (Å²) in [4.78, 5) is 36.4. The predicted octanol–water partition coefficient (Wildman–Crippen LogP) is 2.95. The molecule has 152 valence electrons. The molecule has 0 atom stereocenters. The molecule has 30 heavy (non-hydrogen) atoms. The van der Waals surface area contributed by atoms with Gasteiger partial charge in [0.15, 0.2) is 0 Å². The third-order valence-corrected chi connectivity index (χ3v) is 5.74. The number of rotatable bonds is 3. The monoisotopic (exact) mass is 469 g/mol. The molecule has 4 aromatic rings. The summed E-state index contributed by atoms with van der Waals surface area (Å²) in [6.07, 6.45) is 1.60. The molecule has 0 spiro atoms. The van der Waals surface area contributed by atoms with E-state index in [1.54, 1.807) is 17.8 Å². The van der Waals surface area contributed by atoms with E-state index in [1.807, 2.05) is 24.3 Å². The van der Waals surface area contributed by atoms with Crippen LogP contribution in [0.1, 0.15) is 0 Å². The van der Waals surface area contributed by atoms with Gasteiger partial charge in [0.2, 0.25) is 0 Å². The number of aryl methyl sites for hydroxylation is 1. The first-order valence-electron chi connectivity index (χ1n) is 8.82. The van der Waals surface area contributed by atoms with Crippen molar-refractivity contribution in [3.8, 4) is 16.9 Å². The summed E-state index contributed by atoms with van der Waals surface area (Å²) >= 11 is 3.51. The number of halogens is 1. The minimum absolute atomic E-state index is 0.142. The van der Waals surface area contributed by atoms with Crippen LogP contribution in [0.5, 0.6) is 0 Å². The van der Waals surface area contributed by atoms with Gasteiger partial charge in [-0.1, -0.05) is 34.1 Å². The molecule has 9 nitrogen and oxygen atoms in total. The van der Waals surface area contributed by atoms with Gasteiger partial charge >= 0.3 is 5.69 Å². The third kappa shape index (κ3) is 2.84. The zero-order chi connectivity index (χ0) is 21.7. The maximum Gasteiger partial charge on any atom is 0.330 e. The lowest BCUT2D eigenvalue weighted by Crippen LogP contribution is -2.36. The number of nitrogen functional groups attached to an aromatic ring is 1. The first-order chi connectivity index (χ1) is 14.2. The zero-order valence-corrected chi connectivity index (χ0v) is 17.6. The van der Waals surface area contributed by atoms with Crippen LogP contribution in [-0.4, -0.2) is 18.6 Å². The van der Waals surface area contributed by atoms with Crippen LogP contribution >= 0.6 is 15.9 Å². The summed E-state index contributed by atoms with van der Waals surface area (Å²) in [6, 6.07) is 11.4. The molecular formula is C20H16BrN5O4. The SMILES string of the molecule is Cn1c(=O)c2c(-c3ccccc3Br)n(-c3cc([N+](=O)[O-])ccc3N)cc2n(C)c1=O. The average molecular weight is 470 g/mol. The summed E-state index contributed by atoms with van der Waals surface area (Å²) in [7, 11) is 2.97. The highest BCUT2D eigenvalue weighted by atomic mass is 79.9. The van der Waals surface area contributed by atoms with E-state index >= 15 is 0 Å². The molecule has 0 aliphatic rings. The highest BCUT2D eigenvalue weighted by Crippen LogP contribution is 2.37. The van der Waals surface area contributed by atoms with Crippen molar-refractivity contribution in [2.75, 3.05) is 5.73 Å². The second kappa shape index (κ2) is 6.99. The fourth-order valence-electron chi connectivity index (χ4n) is 3.50. The molecule has 0 saturated carbocycles. The fourth-order valence-corrected chi connectivity index (χ4v) is 3.98. The summed E-state index contributed by atoms with van der Waals surface area (Å²) in [5, 5.41) is 11.6. The zero-order valence-electron chi connectivity index (χ0n) is 16.0. The Bertz CT molecular complexity index is 1460. The molecule has 0 aliphatic heterocycles. The lowest BCUT2D eigenvalue weighted by Gasteiger charge is -2.13. The van der Waals surface area contributed by atoms with Crippen LogP contribution in [0.3, 0.4) is 0 Å². The van der Waals surface area contributed by atoms with Crippen LogP contribution in [0.25, 0.3) is 27.8 Å². The number of nitrogens with two attached hydrogens (primary N) is 1. The Morgan fingerprint density at radius 1 is 1.07 bits per heavy atom. The maximum atomic E-state index is 13.1. The largest absolute Gasteiger partial charge is 0.397 e.